The SMILES string of the molecule is CCOC(=O)c1c(C)[nH]c(C)c1C(=O)COC(=O)c1ccc(COC(C)C)cc1. The number of ketones is 1. The average molecular weight is 401 g/mol. The van der Waals surface area contributed by atoms with E-state index in [1.807, 2.05) is 13.8 Å². The number of Topliss-reactive ketones (excluding diaryl/α,β-unsaturated/α-hetero) is 1. The Morgan fingerprint density at radius 1 is 0.931 bits per heavy atom. The average Bonchev–Trinajstić information content (AvgIpc) is 2.98. The van der Waals surface area contributed by atoms with Gasteiger partial charge in [0, 0.05) is 11.4 Å². The van der Waals surface area contributed by atoms with Crippen LogP contribution in [0.3, 0.4) is 0 Å². The highest BCUT2D eigenvalue weighted by molar-refractivity contribution is 6.09. The molecule has 1 aromatic carbocycles. The number of benzene rings is 1. The van der Waals surface area contributed by atoms with E-state index in [1.165, 1.54) is 0 Å². The number of aromatic nitrogens is 1. The van der Waals surface area contributed by atoms with Crippen LogP contribution >= 0.6 is 0 Å². The first kappa shape index (κ1) is 22.4. The number of nitrogens with one attached hydrogen (secondary N) is 1. The molecule has 29 heavy (non-hydrogen) atoms. The molecule has 156 valence electrons. The van der Waals surface area contributed by atoms with Crippen LogP contribution in [0.1, 0.15) is 68.8 Å². The van der Waals surface area contributed by atoms with Gasteiger partial charge in [-0.05, 0) is 52.3 Å². The zero-order valence-corrected chi connectivity index (χ0v) is 17.5. The fraction of sp³-hybridized carbons (Fsp3) is 0.409. The predicted octanol–water partition coefficient (Wildman–Crippen LogP) is 3.77. The van der Waals surface area contributed by atoms with Crippen molar-refractivity contribution in [2.24, 2.45) is 0 Å². The number of rotatable bonds is 9. The minimum Gasteiger partial charge on any atom is -0.462 e. The molecule has 0 saturated heterocycles. The first-order chi connectivity index (χ1) is 13.7. The first-order valence-corrected chi connectivity index (χ1v) is 9.51. The summed E-state index contributed by atoms with van der Waals surface area (Å²) in [5, 5.41) is 0. The smallest absolute Gasteiger partial charge is 0.340 e. The van der Waals surface area contributed by atoms with Crippen LogP contribution in [0.2, 0.25) is 0 Å². The molecule has 0 atom stereocenters. The van der Waals surface area contributed by atoms with Gasteiger partial charge in [-0.25, -0.2) is 9.59 Å². The molecule has 7 nitrogen and oxygen atoms in total. The number of aryl methyl sites for hydroxylation is 2. The highest BCUT2D eigenvalue weighted by atomic mass is 16.5. The molecule has 1 N–H and O–H groups in total. The summed E-state index contributed by atoms with van der Waals surface area (Å²) in [4.78, 5) is 40.0. The molecular formula is C22H27NO6. The van der Waals surface area contributed by atoms with E-state index in [1.54, 1.807) is 45.0 Å². The molecule has 2 aromatic rings. The van der Waals surface area contributed by atoms with Crippen molar-refractivity contribution in [2.75, 3.05) is 13.2 Å². The molecule has 1 aromatic heterocycles. The lowest BCUT2D eigenvalue weighted by atomic mass is 10.1. The molecule has 0 amide bonds. The van der Waals surface area contributed by atoms with Gasteiger partial charge < -0.3 is 19.2 Å². The maximum atomic E-state index is 12.6. The van der Waals surface area contributed by atoms with E-state index < -0.39 is 24.3 Å². The van der Waals surface area contributed by atoms with Gasteiger partial charge in [0.15, 0.2) is 6.61 Å². The van der Waals surface area contributed by atoms with Crippen LogP contribution in [0.25, 0.3) is 0 Å². The second kappa shape index (κ2) is 10.0. The minimum atomic E-state index is -0.614. The van der Waals surface area contributed by atoms with Crippen LogP contribution in [-0.4, -0.2) is 42.0 Å². The topological polar surface area (TPSA) is 94.7 Å². The second-order valence-corrected chi connectivity index (χ2v) is 6.90. The van der Waals surface area contributed by atoms with Crippen molar-refractivity contribution in [1.29, 1.82) is 0 Å². The van der Waals surface area contributed by atoms with Gasteiger partial charge in [0.05, 0.1) is 36.0 Å². The minimum absolute atomic E-state index is 0.116. The Morgan fingerprint density at radius 3 is 2.14 bits per heavy atom. The number of carbonyl (C=O) groups excluding carboxylic acids is 3. The Balaban J connectivity index is 2.04. The van der Waals surface area contributed by atoms with Crippen LogP contribution in [0.15, 0.2) is 24.3 Å². The summed E-state index contributed by atoms with van der Waals surface area (Å²) < 4.78 is 15.7. The summed E-state index contributed by atoms with van der Waals surface area (Å²) in [6, 6.07) is 6.81. The number of ether oxygens (including phenoxy) is 3. The molecular weight excluding hydrogens is 374 g/mol. The Kier molecular flexibility index (Phi) is 7.73. The van der Waals surface area contributed by atoms with E-state index in [9.17, 15) is 14.4 Å². The third-order valence-electron chi connectivity index (χ3n) is 4.24. The van der Waals surface area contributed by atoms with Crippen LogP contribution in [-0.2, 0) is 20.8 Å². The molecule has 7 heteroatoms. The van der Waals surface area contributed by atoms with Crippen molar-refractivity contribution in [3.05, 3.63) is 57.9 Å². The highest BCUT2D eigenvalue weighted by Crippen LogP contribution is 2.20. The van der Waals surface area contributed by atoms with Crippen molar-refractivity contribution in [3.8, 4) is 0 Å². The van der Waals surface area contributed by atoms with E-state index in [0.29, 0.717) is 23.6 Å². The Labute approximate surface area is 170 Å². The van der Waals surface area contributed by atoms with Crippen molar-refractivity contribution in [1.82, 2.24) is 4.98 Å². The molecule has 0 bridgehead atoms. The van der Waals surface area contributed by atoms with Gasteiger partial charge in [0.25, 0.3) is 0 Å². The Bertz CT molecular complexity index is 879. The number of carbonyl (C=O) groups is 3. The summed E-state index contributed by atoms with van der Waals surface area (Å²) >= 11 is 0. The van der Waals surface area contributed by atoms with Gasteiger partial charge in [-0.2, -0.15) is 0 Å². The summed E-state index contributed by atoms with van der Waals surface area (Å²) in [6.07, 6.45) is 0.116. The Morgan fingerprint density at radius 2 is 1.55 bits per heavy atom. The Hall–Kier alpha value is -2.93. The van der Waals surface area contributed by atoms with Crippen molar-refractivity contribution in [3.63, 3.8) is 0 Å². The maximum absolute atomic E-state index is 12.6. The van der Waals surface area contributed by atoms with E-state index in [0.717, 1.165) is 5.56 Å². The monoisotopic (exact) mass is 401 g/mol. The first-order valence-electron chi connectivity index (χ1n) is 9.51. The normalized spacial score (nSPS) is 10.8. The molecule has 0 aliphatic carbocycles. The standard InChI is InChI=1S/C22H27NO6/c1-6-27-22(26)20-15(5)23-14(4)19(20)18(24)12-29-21(25)17-9-7-16(8-10-17)11-28-13(2)3/h7-10,13,23H,6,11-12H2,1-5H3. The van der Waals surface area contributed by atoms with Crippen LogP contribution in [0.5, 0.6) is 0 Å². The maximum Gasteiger partial charge on any atom is 0.340 e. The van der Waals surface area contributed by atoms with Crippen molar-refractivity contribution in [2.45, 2.75) is 47.3 Å². The number of H-pyrrole nitrogens is 1. The zero-order valence-electron chi connectivity index (χ0n) is 17.5. The van der Waals surface area contributed by atoms with E-state index in [2.05, 4.69) is 4.98 Å². The molecule has 0 fully saturated rings. The highest BCUT2D eigenvalue weighted by Gasteiger charge is 2.26. The lowest BCUT2D eigenvalue weighted by molar-refractivity contribution is 0.0471. The summed E-state index contributed by atoms with van der Waals surface area (Å²) in [5.74, 6) is -1.66. The summed E-state index contributed by atoms with van der Waals surface area (Å²) in [6.45, 7) is 9.14. The van der Waals surface area contributed by atoms with Gasteiger partial charge in [-0.3, -0.25) is 4.79 Å². The summed E-state index contributed by atoms with van der Waals surface area (Å²) in [7, 11) is 0. The quantitative estimate of drug-likeness (QED) is 0.508. The molecule has 0 saturated carbocycles. The van der Waals surface area contributed by atoms with E-state index >= 15 is 0 Å². The number of hydrogen-bond donors (Lipinski definition) is 1. The predicted molar refractivity (Wildman–Crippen MR) is 107 cm³/mol. The van der Waals surface area contributed by atoms with Crippen molar-refractivity contribution >= 4 is 17.7 Å². The third kappa shape index (κ3) is 5.77. The number of aromatic amines is 1. The molecule has 0 unspecified atom stereocenters. The van der Waals surface area contributed by atoms with E-state index in [-0.39, 0.29) is 23.8 Å². The number of hydrogen-bond acceptors (Lipinski definition) is 6. The van der Waals surface area contributed by atoms with Gasteiger partial charge in [-0.1, -0.05) is 12.1 Å². The van der Waals surface area contributed by atoms with Crippen LogP contribution in [0.4, 0.5) is 0 Å². The fourth-order valence-electron chi connectivity index (χ4n) is 2.87. The zero-order chi connectivity index (χ0) is 21.6. The fourth-order valence-corrected chi connectivity index (χ4v) is 2.87. The largest absolute Gasteiger partial charge is 0.462 e. The molecule has 2 rings (SSSR count). The van der Waals surface area contributed by atoms with Gasteiger partial charge >= 0.3 is 11.9 Å². The van der Waals surface area contributed by atoms with Crippen LogP contribution < -0.4 is 0 Å². The van der Waals surface area contributed by atoms with Crippen molar-refractivity contribution < 1.29 is 28.6 Å². The lowest BCUT2D eigenvalue weighted by Crippen LogP contribution is -2.18. The van der Waals surface area contributed by atoms with E-state index in [4.69, 9.17) is 14.2 Å². The molecule has 0 spiro atoms. The van der Waals surface area contributed by atoms with Gasteiger partial charge in [0.1, 0.15) is 0 Å². The van der Waals surface area contributed by atoms with Gasteiger partial charge in [-0.15, -0.1) is 0 Å². The molecule has 0 radical (unpaired) electrons. The molecule has 1 heterocycles. The third-order valence-corrected chi connectivity index (χ3v) is 4.24. The van der Waals surface area contributed by atoms with Crippen LogP contribution in [0, 0.1) is 13.8 Å². The lowest BCUT2D eigenvalue weighted by Gasteiger charge is -2.09. The molecule has 0 aliphatic heterocycles. The number of esters is 2. The second-order valence-electron chi connectivity index (χ2n) is 6.90. The molecule has 0 aliphatic rings. The summed E-state index contributed by atoms with van der Waals surface area (Å²) in [5.41, 5.74) is 2.70. The van der Waals surface area contributed by atoms with Gasteiger partial charge in [0.2, 0.25) is 5.78 Å².